The normalized spacial score (nSPS) is 15.8. The highest BCUT2D eigenvalue weighted by Gasteiger charge is 2.34. The number of amidine groups is 1. The number of ether oxygens (including phenoxy) is 2. The van der Waals surface area contributed by atoms with Gasteiger partial charge in [0, 0.05) is 6.54 Å². The zero-order valence-corrected chi connectivity index (χ0v) is 24.0. The summed E-state index contributed by atoms with van der Waals surface area (Å²) in [6, 6.07) is 9.72. The molecule has 0 atom stereocenters. The predicted molar refractivity (Wildman–Crippen MR) is 155 cm³/mol. The molecule has 210 valence electrons. The standard InChI is InChI=1S/C29H35FN2O5S2/c1-4-6-7-8-9-10-11-19-37-26-20-22(12-17-25(26)36-3)21-27-28(33)32(18-5-2)29(38-27)31-39(34,35)24-15-13-23(30)14-16-24/h5,12-17,20-21H,2,4,6-11,18-19H2,1,3H3/b27-21-,31-29+. The van der Waals surface area contributed by atoms with Crippen molar-refractivity contribution in [1.29, 1.82) is 0 Å². The zero-order chi connectivity index (χ0) is 28.3. The van der Waals surface area contributed by atoms with E-state index >= 15 is 0 Å². The Morgan fingerprint density at radius 2 is 1.72 bits per heavy atom. The third-order valence-electron chi connectivity index (χ3n) is 6.00. The van der Waals surface area contributed by atoms with E-state index in [-0.39, 0.29) is 16.6 Å². The van der Waals surface area contributed by atoms with Crippen molar-refractivity contribution in [1.82, 2.24) is 4.90 Å². The minimum Gasteiger partial charge on any atom is -0.493 e. The molecule has 10 heteroatoms. The molecule has 1 aliphatic rings. The number of sulfonamides is 1. The van der Waals surface area contributed by atoms with E-state index < -0.39 is 21.7 Å². The fourth-order valence-corrected chi connectivity index (χ4v) is 6.11. The van der Waals surface area contributed by atoms with E-state index in [1.807, 2.05) is 0 Å². The van der Waals surface area contributed by atoms with Gasteiger partial charge in [-0.1, -0.05) is 57.6 Å². The zero-order valence-electron chi connectivity index (χ0n) is 22.4. The van der Waals surface area contributed by atoms with Gasteiger partial charge in [-0.25, -0.2) is 4.39 Å². The fraction of sp³-hybridized carbons (Fsp3) is 0.379. The van der Waals surface area contributed by atoms with E-state index in [1.54, 1.807) is 31.4 Å². The summed E-state index contributed by atoms with van der Waals surface area (Å²) in [4.78, 5) is 14.5. The Balaban J connectivity index is 1.76. The number of hydrogen-bond acceptors (Lipinski definition) is 6. The van der Waals surface area contributed by atoms with E-state index in [0.717, 1.165) is 48.9 Å². The number of methoxy groups -OCH3 is 1. The number of nitrogens with zero attached hydrogens (tertiary/aromatic N) is 2. The molecule has 0 saturated carbocycles. The summed E-state index contributed by atoms with van der Waals surface area (Å²) in [6.07, 6.45) is 11.4. The topological polar surface area (TPSA) is 85.3 Å². The average Bonchev–Trinajstić information content (AvgIpc) is 3.19. The van der Waals surface area contributed by atoms with Crippen LogP contribution in [0.3, 0.4) is 0 Å². The Kier molecular flexibility index (Phi) is 11.6. The largest absolute Gasteiger partial charge is 0.493 e. The lowest BCUT2D eigenvalue weighted by atomic mass is 10.1. The number of carbonyl (C=O) groups excluding carboxylic acids is 1. The highest BCUT2D eigenvalue weighted by atomic mass is 32.2. The summed E-state index contributed by atoms with van der Waals surface area (Å²) in [5.74, 6) is 0.209. The molecule has 1 heterocycles. The molecule has 7 nitrogen and oxygen atoms in total. The van der Waals surface area contributed by atoms with Gasteiger partial charge in [-0.3, -0.25) is 9.69 Å². The quantitative estimate of drug-likeness (QED) is 0.132. The lowest BCUT2D eigenvalue weighted by Gasteiger charge is -2.12. The average molecular weight is 575 g/mol. The molecular formula is C29H35FN2O5S2. The number of carbonyl (C=O) groups is 1. The number of benzene rings is 2. The Morgan fingerprint density at radius 3 is 2.38 bits per heavy atom. The highest BCUT2D eigenvalue weighted by molar-refractivity contribution is 8.19. The second kappa shape index (κ2) is 14.9. The molecule has 2 aromatic rings. The Morgan fingerprint density at radius 1 is 1.03 bits per heavy atom. The van der Waals surface area contributed by atoms with Gasteiger partial charge in [-0.2, -0.15) is 8.42 Å². The van der Waals surface area contributed by atoms with Crippen molar-refractivity contribution in [3.8, 4) is 11.5 Å². The maximum Gasteiger partial charge on any atom is 0.284 e. The van der Waals surface area contributed by atoms with Crippen LogP contribution in [0.4, 0.5) is 4.39 Å². The first-order chi connectivity index (χ1) is 18.8. The van der Waals surface area contributed by atoms with Crippen LogP contribution in [0.5, 0.6) is 11.5 Å². The molecule has 0 aliphatic carbocycles. The molecule has 0 N–H and O–H groups in total. The van der Waals surface area contributed by atoms with Crippen LogP contribution in [0.1, 0.15) is 57.4 Å². The van der Waals surface area contributed by atoms with Crippen molar-refractivity contribution in [2.45, 2.75) is 56.8 Å². The summed E-state index contributed by atoms with van der Waals surface area (Å²) in [7, 11) is -2.59. The lowest BCUT2D eigenvalue weighted by molar-refractivity contribution is -0.121. The number of amides is 1. The SMILES string of the molecule is C=CCN1C(=O)/C(=C/c2ccc(OC)c(OCCCCCCCCC)c2)S/C1=N/S(=O)(=O)c1ccc(F)cc1. The van der Waals surface area contributed by atoms with Crippen LogP contribution in [-0.4, -0.2) is 44.7 Å². The maximum absolute atomic E-state index is 13.3. The molecular weight excluding hydrogens is 539 g/mol. The van der Waals surface area contributed by atoms with E-state index in [4.69, 9.17) is 9.47 Å². The van der Waals surface area contributed by atoms with Crippen molar-refractivity contribution in [2.75, 3.05) is 20.3 Å². The van der Waals surface area contributed by atoms with Crippen molar-refractivity contribution in [2.24, 2.45) is 4.40 Å². The molecule has 1 amide bonds. The van der Waals surface area contributed by atoms with Gasteiger partial charge in [0.25, 0.3) is 15.9 Å². The third kappa shape index (κ3) is 8.69. The van der Waals surface area contributed by atoms with Crippen LogP contribution in [0, 0.1) is 5.82 Å². The van der Waals surface area contributed by atoms with Crippen LogP contribution in [0.15, 0.2) is 69.3 Å². The fourth-order valence-electron chi connectivity index (χ4n) is 3.92. The lowest BCUT2D eigenvalue weighted by Crippen LogP contribution is -2.29. The Hall–Kier alpha value is -3.11. The number of halogens is 1. The van der Waals surface area contributed by atoms with Gasteiger partial charge in [0.05, 0.1) is 23.5 Å². The van der Waals surface area contributed by atoms with Gasteiger partial charge < -0.3 is 9.47 Å². The van der Waals surface area contributed by atoms with Crippen LogP contribution >= 0.6 is 11.8 Å². The van der Waals surface area contributed by atoms with Gasteiger partial charge in [-0.15, -0.1) is 11.0 Å². The Bertz CT molecular complexity index is 1310. The second-order valence-corrected chi connectivity index (χ2v) is 11.6. The number of rotatable bonds is 15. The molecule has 1 fully saturated rings. The predicted octanol–water partition coefficient (Wildman–Crippen LogP) is 6.81. The van der Waals surface area contributed by atoms with Gasteiger partial charge in [0.15, 0.2) is 16.7 Å². The molecule has 0 unspecified atom stereocenters. The number of hydrogen-bond donors (Lipinski definition) is 0. The Labute approximate surface area is 234 Å². The van der Waals surface area contributed by atoms with Crippen LogP contribution in [0.25, 0.3) is 6.08 Å². The van der Waals surface area contributed by atoms with E-state index in [9.17, 15) is 17.6 Å². The molecule has 39 heavy (non-hydrogen) atoms. The minimum atomic E-state index is -4.16. The van der Waals surface area contributed by atoms with Crippen molar-refractivity contribution < 1.29 is 27.1 Å². The number of thioether (sulfide) groups is 1. The van der Waals surface area contributed by atoms with Crippen molar-refractivity contribution >= 4 is 38.9 Å². The van der Waals surface area contributed by atoms with E-state index in [1.165, 1.54) is 43.1 Å². The van der Waals surface area contributed by atoms with Crippen molar-refractivity contribution in [3.05, 3.63) is 71.4 Å². The molecule has 2 aromatic carbocycles. The first-order valence-corrected chi connectivity index (χ1v) is 15.3. The number of unbranched alkanes of at least 4 members (excludes halogenated alkanes) is 6. The maximum atomic E-state index is 13.3. The molecule has 1 aliphatic heterocycles. The van der Waals surface area contributed by atoms with Gasteiger partial charge in [0.1, 0.15) is 5.82 Å². The molecule has 0 radical (unpaired) electrons. The first-order valence-electron chi connectivity index (χ1n) is 13.0. The van der Waals surface area contributed by atoms with E-state index in [2.05, 4.69) is 17.9 Å². The first kappa shape index (κ1) is 30.4. The molecule has 3 rings (SSSR count). The monoisotopic (exact) mass is 574 g/mol. The van der Waals surface area contributed by atoms with Gasteiger partial charge in [-0.05, 0) is 66.2 Å². The van der Waals surface area contributed by atoms with Gasteiger partial charge in [0.2, 0.25) is 0 Å². The minimum absolute atomic E-state index is 0.000558. The molecule has 1 saturated heterocycles. The summed E-state index contributed by atoms with van der Waals surface area (Å²) in [5.41, 5.74) is 0.697. The van der Waals surface area contributed by atoms with Gasteiger partial charge >= 0.3 is 0 Å². The summed E-state index contributed by atoms with van der Waals surface area (Å²) in [6.45, 7) is 6.50. The summed E-state index contributed by atoms with van der Waals surface area (Å²) in [5, 5.41) is -0.000558. The van der Waals surface area contributed by atoms with Crippen LogP contribution in [-0.2, 0) is 14.8 Å². The second-order valence-electron chi connectivity index (χ2n) is 9.00. The third-order valence-corrected chi connectivity index (χ3v) is 8.40. The summed E-state index contributed by atoms with van der Waals surface area (Å²) < 4.78 is 54.2. The molecule has 0 bridgehead atoms. The van der Waals surface area contributed by atoms with E-state index in [0.29, 0.717) is 28.6 Å². The van der Waals surface area contributed by atoms with Crippen LogP contribution < -0.4 is 9.47 Å². The molecule has 0 aromatic heterocycles. The van der Waals surface area contributed by atoms with Crippen molar-refractivity contribution in [3.63, 3.8) is 0 Å². The smallest absolute Gasteiger partial charge is 0.284 e. The molecule has 0 spiro atoms. The highest BCUT2D eigenvalue weighted by Crippen LogP contribution is 2.35. The van der Waals surface area contributed by atoms with Crippen LogP contribution in [0.2, 0.25) is 0 Å². The summed E-state index contributed by atoms with van der Waals surface area (Å²) >= 11 is 0.949.